The number of anilines is 1. The van der Waals surface area contributed by atoms with Crippen molar-refractivity contribution in [1.82, 2.24) is 25.1 Å². The summed E-state index contributed by atoms with van der Waals surface area (Å²) < 4.78 is 6.67. The molecule has 2 heterocycles. The molecule has 0 aliphatic heterocycles. The van der Waals surface area contributed by atoms with E-state index in [0.29, 0.717) is 11.4 Å². The first-order valence-corrected chi connectivity index (χ1v) is 8.30. The van der Waals surface area contributed by atoms with Crippen LogP contribution in [0.5, 0.6) is 0 Å². The number of benzene rings is 2. The van der Waals surface area contributed by atoms with Crippen LogP contribution in [0.4, 0.5) is 5.69 Å². The van der Waals surface area contributed by atoms with Crippen molar-refractivity contribution < 1.29 is 9.32 Å². The third kappa shape index (κ3) is 3.45. The molecule has 1 amide bonds. The average molecular weight is 360 g/mol. The Morgan fingerprint density at radius 3 is 2.67 bits per heavy atom. The van der Waals surface area contributed by atoms with Crippen molar-refractivity contribution in [2.24, 2.45) is 0 Å². The number of para-hydroxylation sites is 1. The molecule has 2 aromatic carbocycles. The summed E-state index contributed by atoms with van der Waals surface area (Å²) in [4.78, 5) is 16.5. The van der Waals surface area contributed by atoms with Crippen molar-refractivity contribution in [3.8, 4) is 17.2 Å². The summed E-state index contributed by atoms with van der Waals surface area (Å²) in [6, 6.07) is 15.2. The fourth-order valence-electron chi connectivity index (χ4n) is 2.50. The summed E-state index contributed by atoms with van der Waals surface area (Å²) in [5.74, 6) is -0.424. The number of hydrogen-bond donors (Lipinski definition) is 1. The molecule has 1 N–H and O–H groups in total. The second-order valence-electron chi connectivity index (χ2n) is 6.06. The largest absolute Gasteiger partial charge is 0.328 e. The first-order chi connectivity index (χ1) is 13.1. The van der Waals surface area contributed by atoms with Crippen molar-refractivity contribution in [2.75, 3.05) is 5.32 Å². The molecule has 0 bridgehead atoms. The van der Waals surface area contributed by atoms with Gasteiger partial charge < -0.3 is 9.84 Å². The van der Waals surface area contributed by atoms with Gasteiger partial charge in [0.25, 0.3) is 0 Å². The van der Waals surface area contributed by atoms with Gasteiger partial charge in [-0.25, -0.2) is 4.68 Å². The number of nitrogens with zero attached hydrogens (tertiary/aromatic N) is 5. The lowest BCUT2D eigenvalue weighted by Gasteiger charge is -2.05. The summed E-state index contributed by atoms with van der Waals surface area (Å²) in [5, 5.41) is 14.7. The summed E-state index contributed by atoms with van der Waals surface area (Å²) in [7, 11) is 0. The highest BCUT2D eigenvalue weighted by atomic mass is 16.5. The van der Waals surface area contributed by atoms with Gasteiger partial charge in [-0.15, -0.1) is 5.10 Å². The lowest BCUT2D eigenvalue weighted by molar-refractivity contribution is 0.0981. The maximum atomic E-state index is 12.3. The number of amides is 1. The van der Waals surface area contributed by atoms with Crippen LogP contribution in [0.2, 0.25) is 0 Å². The van der Waals surface area contributed by atoms with Crippen LogP contribution in [-0.2, 0) is 0 Å². The summed E-state index contributed by atoms with van der Waals surface area (Å²) in [5.41, 5.74) is 4.16. The maximum absolute atomic E-state index is 12.3. The van der Waals surface area contributed by atoms with Crippen molar-refractivity contribution in [3.05, 3.63) is 71.7 Å². The quantitative estimate of drug-likeness (QED) is 0.600. The molecular weight excluding hydrogens is 344 g/mol. The number of carbonyl (C=O) groups is 1. The second kappa shape index (κ2) is 6.83. The fraction of sp³-hybridized carbons (Fsp3) is 0.105. The van der Waals surface area contributed by atoms with E-state index in [2.05, 4.69) is 25.8 Å². The van der Waals surface area contributed by atoms with Crippen molar-refractivity contribution >= 4 is 11.6 Å². The highest BCUT2D eigenvalue weighted by molar-refractivity contribution is 6.01. The highest BCUT2D eigenvalue weighted by Crippen LogP contribution is 2.17. The highest BCUT2D eigenvalue weighted by Gasteiger charge is 2.18. The van der Waals surface area contributed by atoms with Crippen LogP contribution >= 0.6 is 0 Å². The molecule has 0 saturated carbocycles. The molecule has 0 spiro atoms. The summed E-state index contributed by atoms with van der Waals surface area (Å²) in [6.45, 7) is 3.99. The Morgan fingerprint density at radius 1 is 1.07 bits per heavy atom. The zero-order valence-electron chi connectivity index (χ0n) is 14.7. The molecule has 0 aliphatic carbocycles. The van der Waals surface area contributed by atoms with E-state index in [1.165, 1.54) is 0 Å². The lowest BCUT2D eigenvalue weighted by atomic mass is 10.1. The molecule has 27 heavy (non-hydrogen) atoms. The first-order valence-electron chi connectivity index (χ1n) is 8.30. The van der Waals surface area contributed by atoms with Crippen LogP contribution in [0.15, 0.2) is 59.3 Å². The Balaban J connectivity index is 1.52. The van der Waals surface area contributed by atoms with Crippen LogP contribution in [0.25, 0.3) is 17.2 Å². The van der Waals surface area contributed by atoms with Gasteiger partial charge in [0.15, 0.2) is 5.69 Å². The fourth-order valence-corrected chi connectivity index (χ4v) is 2.50. The monoisotopic (exact) mass is 360 g/mol. The van der Waals surface area contributed by atoms with E-state index in [1.807, 2.05) is 62.4 Å². The minimum atomic E-state index is -0.479. The zero-order valence-corrected chi connectivity index (χ0v) is 14.7. The number of rotatable bonds is 4. The van der Waals surface area contributed by atoms with Gasteiger partial charge in [0.05, 0.1) is 11.9 Å². The molecule has 0 fully saturated rings. The molecule has 4 aromatic rings. The van der Waals surface area contributed by atoms with Crippen LogP contribution < -0.4 is 5.32 Å². The molecule has 8 heteroatoms. The van der Waals surface area contributed by atoms with Gasteiger partial charge in [-0.3, -0.25) is 4.79 Å². The molecule has 2 aromatic heterocycles. The number of aryl methyl sites for hydroxylation is 2. The topological polar surface area (TPSA) is 98.7 Å². The maximum Gasteiger partial charge on any atom is 0.316 e. The minimum Gasteiger partial charge on any atom is -0.328 e. The van der Waals surface area contributed by atoms with E-state index in [4.69, 9.17) is 4.52 Å². The number of hydrogen-bond acceptors (Lipinski definition) is 6. The van der Waals surface area contributed by atoms with Gasteiger partial charge in [-0.1, -0.05) is 34.6 Å². The molecule has 0 radical (unpaired) electrons. The van der Waals surface area contributed by atoms with E-state index in [9.17, 15) is 4.79 Å². The Hall–Kier alpha value is -3.81. The van der Waals surface area contributed by atoms with Gasteiger partial charge in [0, 0.05) is 5.69 Å². The molecular formula is C19H16N6O2. The van der Waals surface area contributed by atoms with Crippen LogP contribution in [0, 0.1) is 13.8 Å². The first kappa shape index (κ1) is 16.6. The Kier molecular flexibility index (Phi) is 4.21. The number of nitrogens with one attached hydrogen (secondary N) is 1. The van der Waals surface area contributed by atoms with Gasteiger partial charge in [-0.2, -0.15) is 4.98 Å². The van der Waals surface area contributed by atoms with Gasteiger partial charge >= 0.3 is 11.8 Å². The molecule has 0 aliphatic rings. The van der Waals surface area contributed by atoms with Crippen molar-refractivity contribution in [2.45, 2.75) is 13.8 Å². The molecule has 0 saturated heterocycles. The standard InChI is InChI=1S/C19H16N6O2/c1-12-8-9-14(10-13(12)2)20-18(26)19-21-17(23-27-19)16-11-25(24-22-16)15-6-4-3-5-7-15/h3-11H,1-2H3,(H,20,26). The van der Waals surface area contributed by atoms with E-state index in [1.54, 1.807) is 10.9 Å². The van der Waals surface area contributed by atoms with E-state index in [0.717, 1.165) is 16.8 Å². The van der Waals surface area contributed by atoms with Crippen molar-refractivity contribution in [1.29, 1.82) is 0 Å². The average Bonchev–Trinajstić information content (AvgIpc) is 3.35. The molecule has 8 nitrogen and oxygen atoms in total. The van der Waals surface area contributed by atoms with Crippen LogP contribution in [0.1, 0.15) is 21.8 Å². The van der Waals surface area contributed by atoms with Gasteiger partial charge in [-0.05, 0) is 49.2 Å². The molecule has 0 unspecified atom stereocenters. The Morgan fingerprint density at radius 2 is 1.89 bits per heavy atom. The molecule has 4 rings (SSSR count). The summed E-state index contributed by atoms with van der Waals surface area (Å²) >= 11 is 0. The van der Waals surface area contributed by atoms with Gasteiger partial charge in [0.2, 0.25) is 5.82 Å². The summed E-state index contributed by atoms with van der Waals surface area (Å²) in [6.07, 6.45) is 1.67. The predicted molar refractivity (Wildman–Crippen MR) is 98.5 cm³/mol. The minimum absolute atomic E-state index is 0.141. The number of aromatic nitrogens is 5. The molecule has 134 valence electrons. The SMILES string of the molecule is Cc1ccc(NC(=O)c2nc(-c3cn(-c4ccccc4)nn3)no2)cc1C. The zero-order chi connectivity index (χ0) is 18.8. The second-order valence-corrected chi connectivity index (χ2v) is 6.06. The predicted octanol–water partition coefficient (Wildman–Crippen LogP) is 3.19. The molecule has 0 atom stereocenters. The van der Waals surface area contributed by atoms with Crippen molar-refractivity contribution in [3.63, 3.8) is 0 Å². The van der Waals surface area contributed by atoms with E-state index >= 15 is 0 Å². The number of carbonyl (C=O) groups excluding carboxylic acids is 1. The van der Waals surface area contributed by atoms with Crippen LogP contribution in [0.3, 0.4) is 0 Å². The lowest BCUT2D eigenvalue weighted by Crippen LogP contribution is -2.12. The normalized spacial score (nSPS) is 10.7. The van der Waals surface area contributed by atoms with E-state index < -0.39 is 5.91 Å². The Labute approximate surface area is 154 Å². The third-order valence-electron chi connectivity index (χ3n) is 4.13. The smallest absolute Gasteiger partial charge is 0.316 e. The van der Waals surface area contributed by atoms with Crippen LogP contribution in [-0.4, -0.2) is 31.0 Å². The van der Waals surface area contributed by atoms with Gasteiger partial charge in [0.1, 0.15) is 0 Å². The Bertz CT molecular complexity index is 1100. The van der Waals surface area contributed by atoms with E-state index in [-0.39, 0.29) is 11.7 Å². The third-order valence-corrected chi connectivity index (χ3v) is 4.13.